The molecule has 0 fully saturated rings. The number of methoxy groups -OCH3 is 2. The molecule has 0 amide bonds. The molecular formula is C8H12N2O4. The summed E-state index contributed by atoms with van der Waals surface area (Å²) < 4.78 is 10.2. The highest BCUT2D eigenvalue weighted by molar-refractivity contribution is 5.85. The number of aromatic nitrogens is 2. The summed E-state index contributed by atoms with van der Waals surface area (Å²) in [6, 6.07) is 1.37. The monoisotopic (exact) mass is 200 g/mol. The van der Waals surface area contributed by atoms with Gasteiger partial charge in [-0.2, -0.15) is 5.10 Å². The van der Waals surface area contributed by atoms with Gasteiger partial charge in [0, 0.05) is 14.2 Å². The molecule has 0 spiro atoms. The second-order valence-corrected chi connectivity index (χ2v) is 2.83. The Hall–Kier alpha value is -1.40. The summed E-state index contributed by atoms with van der Waals surface area (Å²) in [5.74, 6) is -2.09. The van der Waals surface area contributed by atoms with Crippen LogP contribution in [0.1, 0.15) is 23.1 Å². The Labute approximate surface area is 80.8 Å². The predicted molar refractivity (Wildman–Crippen MR) is 46.9 cm³/mol. The number of carbonyl (C=O) groups is 1. The van der Waals surface area contributed by atoms with Crippen LogP contribution in [0.3, 0.4) is 0 Å². The Kier molecular flexibility index (Phi) is 2.87. The maximum absolute atomic E-state index is 10.6. The van der Waals surface area contributed by atoms with Crippen LogP contribution < -0.4 is 0 Å². The molecule has 2 N–H and O–H groups in total. The third kappa shape index (κ3) is 1.75. The van der Waals surface area contributed by atoms with E-state index in [0.717, 1.165) is 0 Å². The third-order valence-corrected chi connectivity index (χ3v) is 2.07. The zero-order chi connectivity index (χ0) is 10.8. The number of carboxylic acid groups (broad SMARTS) is 1. The molecule has 0 atom stereocenters. The lowest BCUT2D eigenvalue weighted by Crippen LogP contribution is -2.27. The molecule has 0 aliphatic heterocycles. The van der Waals surface area contributed by atoms with Crippen molar-refractivity contribution < 1.29 is 19.4 Å². The van der Waals surface area contributed by atoms with E-state index in [0.29, 0.717) is 5.69 Å². The Balaban J connectivity index is 3.01. The van der Waals surface area contributed by atoms with Gasteiger partial charge in [-0.15, -0.1) is 0 Å². The fourth-order valence-corrected chi connectivity index (χ4v) is 0.967. The summed E-state index contributed by atoms with van der Waals surface area (Å²) in [7, 11) is 2.93. The maximum atomic E-state index is 10.6. The lowest BCUT2D eigenvalue weighted by atomic mass is 10.2. The molecule has 14 heavy (non-hydrogen) atoms. The van der Waals surface area contributed by atoms with E-state index >= 15 is 0 Å². The van der Waals surface area contributed by atoms with Gasteiger partial charge in [0.25, 0.3) is 0 Å². The van der Waals surface area contributed by atoms with Gasteiger partial charge in [-0.25, -0.2) is 4.79 Å². The number of hydrogen-bond acceptors (Lipinski definition) is 4. The number of nitrogens with one attached hydrogen (secondary N) is 1. The van der Waals surface area contributed by atoms with Crippen molar-refractivity contribution in [1.29, 1.82) is 0 Å². The van der Waals surface area contributed by atoms with Crippen LogP contribution in [0.2, 0.25) is 0 Å². The van der Waals surface area contributed by atoms with E-state index in [-0.39, 0.29) is 5.69 Å². The van der Waals surface area contributed by atoms with E-state index in [1.807, 2.05) is 0 Å². The molecule has 0 unspecified atom stereocenters. The van der Waals surface area contributed by atoms with Crippen molar-refractivity contribution in [2.75, 3.05) is 14.2 Å². The van der Waals surface area contributed by atoms with Crippen molar-refractivity contribution in [2.24, 2.45) is 0 Å². The van der Waals surface area contributed by atoms with Gasteiger partial charge in [-0.1, -0.05) is 0 Å². The second kappa shape index (κ2) is 3.77. The number of ether oxygens (including phenoxy) is 2. The highest BCUT2D eigenvalue weighted by Crippen LogP contribution is 2.23. The smallest absolute Gasteiger partial charge is 0.356 e. The van der Waals surface area contributed by atoms with Gasteiger partial charge in [-0.05, 0) is 13.0 Å². The van der Waals surface area contributed by atoms with Crippen molar-refractivity contribution in [3.05, 3.63) is 17.5 Å². The van der Waals surface area contributed by atoms with Crippen LogP contribution >= 0.6 is 0 Å². The first-order chi connectivity index (χ1) is 6.53. The van der Waals surface area contributed by atoms with E-state index in [4.69, 9.17) is 14.6 Å². The van der Waals surface area contributed by atoms with Gasteiger partial charge in [0.15, 0.2) is 5.69 Å². The quantitative estimate of drug-likeness (QED) is 0.694. The summed E-state index contributed by atoms with van der Waals surface area (Å²) in [5.41, 5.74) is 0.389. The number of rotatable bonds is 4. The topological polar surface area (TPSA) is 84.4 Å². The molecule has 0 aliphatic carbocycles. The van der Waals surface area contributed by atoms with Crippen molar-refractivity contribution in [3.8, 4) is 0 Å². The molecule has 0 aromatic carbocycles. The van der Waals surface area contributed by atoms with Crippen LogP contribution in [0.15, 0.2) is 6.07 Å². The Bertz CT molecular complexity index is 330. The number of nitrogens with zero attached hydrogens (tertiary/aromatic N) is 1. The molecule has 1 heterocycles. The minimum absolute atomic E-state index is 0.0691. The first-order valence-corrected chi connectivity index (χ1v) is 3.93. The zero-order valence-corrected chi connectivity index (χ0v) is 8.20. The average Bonchev–Trinajstić information content (AvgIpc) is 2.66. The first-order valence-electron chi connectivity index (χ1n) is 3.93. The number of carboxylic acids is 1. The highest BCUT2D eigenvalue weighted by atomic mass is 16.7. The SMILES string of the molecule is COC(C)(OC)c1cc(C(=O)O)n[nH]1. The summed E-state index contributed by atoms with van der Waals surface area (Å²) in [6.45, 7) is 1.66. The molecule has 0 aliphatic rings. The van der Waals surface area contributed by atoms with Gasteiger partial charge in [0.2, 0.25) is 5.79 Å². The van der Waals surface area contributed by atoms with Gasteiger partial charge < -0.3 is 14.6 Å². The van der Waals surface area contributed by atoms with E-state index in [2.05, 4.69) is 10.2 Å². The summed E-state index contributed by atoms with van der Waals surface area (Å²) in [4.78, 5) is 10.6. The zero-order valence-electron chi connectivity index (χ0n) is 8.20. The van der Waals surface area contributed by atoms with Crippen LogP contribution in [-0.4, -0.2) is 35.5 Å². The van der Waals surface area contributed by atoms with Gasteiger partial charge in [0.1, 0.15) is 0 Å². The molecule has 0 bridgehead atoms. The maximum Gasteiger partial charge on any atom is 0.356 e. The van der Waals surface area contributed by atoms with Crippen molar-refractivity contribution in [3.63, 3.8) is 0 Å². The summed E-state index contributed by atoms with van der Waals surface area (Å²) in [6.07, 6.45) is 0. The first kappa shape index (κ1) is 10.7. The molecule has 1 aromatic rings. The van der Waals surface area contributed by atoms with Crippen molar-refractivity contribution in [2.45, 2.75) is 12.7 Å². The van der Waals surface area contributed by atoms with Crippen molar-refractivity contribution >= 4 is 5.97 Å². The molecule has 0 saturated heterocycles. The number of aromatic amines is 1. The Morgan fingerprint density at radius 1 is 1.57 bits per heavy atom. The van der Waals surface area contributed by atoms with Crippen LogP contribution in [0, 0.1) is 0 Å². The van der Waals surface area contributed by atoms with E-state index in [1.54, 1.807) is 6.92 Å². The van der Waals surface area contributed by atoms with Gasteiger partial charge in [0.05, 0.1) is 5.69 Å². The Morgan fingerprint density at radius 3 is 2.50 bits per heavy atom. The minimum Gasteiger partial charge on any atom is -0.476 e. The van der Waals surface area contributed by atoms with Gasteiger partial charge in [-0.3, -0.25) is 5.10 Å². The van der Waals surface area contributed by atoms with Crippen LogP contribution in [0.25, 0.3) is 0 Å². The highest BCUT2D eigenvalue weighted by Gasteiger charge is 2.28. The molecular weight excluding hydrogens is 188 g/mol. The third-order valence-electron chi connectivity index (χ3n) is 2.07. The largest absolute Gasteiger partial charge is 0.476 e. The standard InChI is InChI=1S/C8H12N2O4/c1-8(13-2,14-3)6-4-5(7(11)12)9-10-6/h4H,1-3H3,(H,9,10)(H,11,12). The number of H-pyrrole nitrogens is 1. The van der Waals surface area contributed by atoms with Crippen LogP contribution in [0.4, 0.5) is 0 Å². The average molecular weight is 200 g/mol. The lowest BCUT2D eigenvalue weighted by Gasteiger charge is -2.24. The molecule has 6 nitrogen and oxygen atoms in total. The molecule has 1 aromatic heterocycles. The number of aromatic carboxylic acids is 1. The van der Waals surface area contributed by atoms with E-state index < -0.39 is 11.8 Å². The minimum atomic E-state index is -1.10. The summed E-state index contributed by atoms with van der Waals surface area (Å²) in [5, 5.41) is 14.8. The fourth-order valence-electron chi connectivity index (χ4n) is 0.967. The second-order valence-electron chi connectivity index (χ2n) is 2.83. The van der Waals surface area contributed by atoms with E-state index in [1.165, 1.54) is 20.3 Å². The summed E-state index contributed by atoms with van der Waals surface area (Å²) >= 11 is 0. The van der Waals surface area contributed by atoms with Gasteiger partial charge >= 0.3 is 5.97 Å². The normalized spacial score (nSPS) is 11.6. The fraction of sp³-hybridized carbons (Fsp3) is 0.500. The molecule has 0 saturated carbocycles. The number of hydrogen-bond donors (Lipinski definition) is 2. The predicted octanol–water partition coefficient (Wildman–Crippen LogP) is 0.573. The molecule has 0 radical (unpaired) electrons. The van der Waals surface area contributed by atoms with Crippen LogP contribution in [-0.2, 0) is 15.3 Å². The Morgan fingerprint density at radius 2 is 2.14 bits per heavy atom. The lowest BCUT2D eigenvalue weighted by molar-refractivity contribution is -0.204. The molecule has 78 valence electrons. The van der Waals surface area contributed by atoms with E-state index in [9.17, 15) is 4.79 Å². The molecule has 6 heteroatoms. The van der Waals surface area contributed by atoms with Crippen molar-refractivity contribution in [1.82, 2.24) is 10.2 Å². The molecule has 1 rings (SSSR count). The van der Waals surface area contributed by atoms with Crippen LogP contribution in [0.5, 0.6) is 0 Å².